The van der Waals surface area contributed by atoms with Gasteiger partial charge in [-0.05, 0) is 24.6 Å². The van der Waals surface area contributed by atoms with Crippen molar-refractivity contribution in [1.29, 1.82) is 0 Å². The van der Waals surface area contributed by atoms with Gasteiger partial charge in [0.1, 0.15) is 5.82 Å². The van der Waals surface area contributed by atoms with Gasteiger partial charge in [-0.15, -0.1) is 0 Å². The van der Waals surface area contributed by atoms with Gasteiger partial charge in [-0.3, -0.25) is 4.79 Å². The number of halogens is 2. The second-order valence-corrected chi connectivity index (χ2v) is 4.14. The van der Waals surface area contributed by atoms with E-state index in [4.69, 9.17) is 0 Å². The maximum absolute atomic E-state index is 13.4. The van der Waals surface area contributed by atoms with E-state index in [1.165, 1.54) is 11.0 Å². The summed E-state index contributed by atoms with van der Waals surface area (Å²) < 4.78 is 14.0. The molecule has 1 aromatic rings. The average Bonchev–Trinajstić information content (AvgIpc) is 2.10. The quantitative estimate of drug-likeness (QED) is 0.760. The van der Waals surface area contributed by atoms with Crippen LogP contribution in [-0.2, 0) is 0 Å². The van der Waals surface area contributed by atoms with Crippen LogP contribution in [0.2, 0.25) is 0 Å². The Morgan fingerprint density at radius 2 is 2.00 bits per heavy atom. The van der Waals surface area contributed by atoms with E-state index in [9.17, 15) is 9.18 Å². The van der Waals surface area contributed by atoms with E-state index in [0.717, 1.165) is 5.56 Å². The smallest absolute Gasteiger partial charge is 0.256 e. The Morgan fingerprint density at radius 1 is 1.43 bits per heavy atom. The first kappa shape index (κ1) is 11.2. The Labute approximate surface area is 90.8 Å². The van der Waals surface area contributed by atoms with E-state index < -0.39 is 5.82 Å². The van der Waals surface area contributed by atoms with E-state index in [0.29, 0.717) is 4.47 Å². The highest BCUT2D eigenvalue weighted by Gasteiger charge is 2.14. The minimum Gasteiger partial charge on any atom is -0.345 e. The van der Waals surface area contributed by atoms with Crippen molar-refractivity contribution in [3.05, 3.63) is 33.5 Å². The lowest BCUT2D eigenvalue weighted by Crippen LogP contribution is -2.22. The number of rotatable bonds is 1. The molecule has 2 nitrogen and oxygen atoms in total. The van der Waals surface area contributed by atoms with Crippen molar-refractivity contribution in [1.82, 2.24) is 4.90 Å². The zero-order valence-electron chi connectivity index (χ0n) is 8.27. The zero-order valence-corrected chi connectivity index (χ0v) is 9.85. The molecule has 4 heteroatoms. The van der Waals surface area contributed by atoms with Crippen LogP contribution in [0.25, 0.3) is 0 Å². The minimum atomic E-state index is -0.499. The van der Waals surface area contributed by atoms with Crippen molar-refractivity contribution in [2.45, 2.75) is 6.92 Å². The highest BCUT2D eigenvalue weighted by atomic mass is 79.9. The molecule has 0 unspecified atom stereocenters. The number of carbonyl (C=O) groups is 1. The third-order valence-electron chi connectivity index (χ3n) is 1.88. The molecule has 0 spiro atoms. The number of hydrogen-bond acceptors (Lipinski definition) is 1. The van der Waals surface area contributed by atoms with E-state index in [1.807, 2.05) is 6.92 Å². The van der Waals surface area contributed by atoms with Crippen molar-refractivity contribution >= 4 is 21.8 Å². The molecule has 0 fully saturated rings. The van der Waals surface area contributed by atoms with E-state index in [2.05, 4.69) is 15.9 Å². The van der Waals surface area contributed by atoms with Crippen molar-refractivity contribution in [3.8, 4) is 0 Å². The molecule has 0 N–H and O–H groups in total. The molecule has 0 aromatic heterocycles. The third kappa shape index (κ3) is 2.12. The molecule has 0 heterocycles. The highest BCUT2D eigenvalue weighted by molar-refractivity contribution is 9.10. The van der Waals surface area contributed by atoms with Crippen LogP contribution in [0.4, 0.5) is 4.39 Å². The molecule has 0 atom stereocenters. The Hall–Kier alpha value is -0.900. The molecule has 0 saturated heterocycles. The van der Waals surface area contributed by atoms with Crippen molar-refractivity contribution in [2.24, 2.45) is 0 Å². The Morgan fingerprint density at radius 3 is 2.50 bits per heavy atom. The normalized spacial score (nSPS) is 10.1. The first-order chi connectivity index (χ1) is 6.43. The van der Waals surface area contributed by atoms with Crippen LogP contribution >= 0.6 is 15.9 Å². The lowest BCUT2D eigenvalue weighted by molar-refractivity contribution is 0.0823. The maximum Gasteiger partial charge on any atom is 0.256 e. The first-order valence-corrected chi connectivity index (χ1v) is 4.90. The summed E-state index contributed by atoms with van der Waals surface area (Å²) in [4.78, 5) is 12.9. The lowest BCUT2D eigenvalue weighted by Gasteiger charge is -2.11. The minimum absolute atomic E-state index is 0.107. The summed E-state index contributed by atoms with van der Waals surface area (Å²) in [6, 6.07) is 2.85. The van der Waals surface area contributed by atoms with Crippen LogP contribution in [0.3, 0.4) is 0 Å². The second-order valence-electron chi connectivity index (χ2n) is 3.28. The molecule has 0 radical (unpaired) electrons. The second kappa shape index (κ2) is 4.09. The fourth-order valence-electron chi connectivity index (χ4n) is 1.06. The molecular weight excluding hydrogens is 249 g/mol. The highest BCUT2D eigenvalue weighted by Crippen LogP contribution is 2.21. The third-order valence-corrected chi connectivity index (χ3v) is 2.74. The summed E-state index contributed by atoms with van der Waals surface area (Å²) in [7, 11) is 3.19. The molecule has 0 bridgehead atoms. The molecule has 1 aromatic carbocycles. The molecule has 0 aliphatic rings. The largest absolute Gasteiger partial charge is 0.345 e. The van der Waals surface area contributed by atoms with Crippen molar-refractivity contribution < 1.29 is 9.18 Å². The van der Waals surface area contributed by atoms with Gasteiger partial charge in [-0.25, -0.2) is 4.39 Å². The zero-order chi connectivity index (χ0) is 10.9. The molecular formula is C10H11BrFNO. The van der Waals surface area contributed by atoms with Gasteiger partial charge < -0.3 is 4.90 Å². The summed E-state index contributed by atoms with van der Waals surface area (Å²) in [6.45, 7) is 1.82. The Balaban J connectivity index is 3.22. The van der Waals surface area contributed by atoms with Crippen LogP contribution < -0.4 is 0 Å². The van der Waals surface area contributed by atoms with Crippen molar-refractivity contribution in [2.75, 3.05) is 14.1 Å². The van der Waals surface area contributed by atoms with Gasteiger partial charge in [0.15, 0.2) is 0 Å². The van der Waals surface area contributed by atoms with Gasteiger partial charge in [0.05, 0.1) is 5.56 Å². The summed E-state index contributed by atoms with van der Waals surface area (Å²) in [5.41, 5.74) is 0.951. The Bertz CT molecular complexity index is 377. The summed E-state index contributed by atoms with van der Waals surface area (Å²) >= 11 is 3.20. The van der Waals surface area contributed by atoms with E-state index in [-0.39, 0.29) is 11.5 Å². The number of amides is 1. The van der Waals surface area contributed by atoms with Crippen LogP contribution in [-0.4, -0.2) is 24.9 Å². The number of aryl methyl sites for hydroxylation is 1. The van der Waals surface area contributed by atoms with E-state index in [1.54, 1.807) is 20.2 Å². The topological polar surface area (TPSA) is 20.3 Å². The van der Waals surface area contributed by atoms with Gasteiger partial charge in [-0.1, -0.05) is 15.9 Å². The van der Waals surface area contributed by atoms with Gasteiger partial charge in [0, 0.05) is 18.6 Å². The predicted octanol–water partition coefficient (Wildman–Crippen LogP) is 2.60. The van der Waals surface area contributed by atoms with Gasteiger partial charge in [0.2, 0.25) is 0 Å². The van der Waals surface area contributed by atoms with Gasteiger partial charge >= 0.3 is 0 Å². The number of carbonyl (C=O) groups excluding carboxylic acids is 1. The molecule has 14 heavy (non-hydrogen) atoms. The first-order valence-electron chi connectivity index (χ1n) is 4.10. The SMILES string of the molecule is Cc1cc(C(=O)N(C)C)c(F)cc1Br. The van der Waals surface area contributed by atoms with Crippen LogP contribution in [0.1, 0.15) is 15.9 Å². The molecule has 1 amide bonds. The van der Waals surface area contributed by atoms with Crippen LogP contribution in [0.5, 0.6) is 0 Å². The van der Waals surface area contributed by atoms with Crippen LogP contribution in [0, 0.1) is 12.7 Å². The van der Waals surface area contributed by atoms with Crippen molar-refractivity contribution in [3.63, 3.8) is 0 Å². The maximum atomic E-state index is 13.4. The molecule has 76 valence electrons. The molecule has 0 aliphatic carbocycles. The van der Waals surface area contributed by atoms with E-state index >= 15 is 0 Å². The number of benzene rings is 1. The fraction of sp³-hybridized carbons (Fsp3) is 0.300. The fourth-order valence-corrected chi connectivity index (χ4v) is 1.38. The summed E-state index contributed by atoms with van der Waals surface area (Å²) in [5.74, 6) is -0.820. The van der Waals surface area contributed by atoms with Gasteiger partial charge in [-0.2, -0.15) is 0 Å². The molecule has 0 saturated carbocycles. The van der Waals surface area contributed by atoms with Gasteiger partial charge in [0.25, 0.3) is 5.91 Å². The average molecular weight is 260 g/mol. The summed E-state index contributed by atoms with van der Waals surface area (Å²) in [6.07, 6.45) is 0. The number of hydrogen-bond donors (Lipinski definition) is 0. The standard InChI is InChI=1S/C10H11BrFNO/c1-6-4-7(10(14)13(2)3)9(12)5-8(6)11/h4-5H,1-3H3. The lowest BCUT2D eigenvalue weighted by atomic mass is 10.1. The summed E-state index contributed by atoms with van der Waals surface area (Å²) in [5, 5.41) is 0. The number of nitrogens with zero attached hydrogens (tertiary/aromatic N) is 1. The predicted molar refractivity (Wildman–Crippen MR) is 56.9 cm³/mol. The monoisotopic (exact) mass is 259 g/mol. The Kier molecular flexibility index (Phi) is 3.26. The van der Waals surface area contributed by atoms with Crippen LogP contribution in [0.15, 0.2) is 16.6 Å². The molecule has 0 aliphatic heterocycles. The molecule has 1 rings (SSSR count).